The molecule has 0 radical (unpaired) electrons. The lowest BCUT2D eigenvalue weighted by Crippen LogP contribution is -2.45. The molecule has 2 aromatic rings. The van der Waals surface area contributed by atoms with Crippen LogP contribution in [0.25, 0.3) is 0 Å². The topological polar surface area (TPSA) is 68.2 Å². The molecule has 0 amide bonds. The van der Waals surface area contributed by atoms with Crippen molar-refractivity contribution < 1.29 is 19.1 Å². The van der Waals surface area contributed by atoms with E-state index in [2.05, 4.69) is 5.10 Å². The van der Waals surface area contributed by atoms with Gasteiger partial charge in [-0.1, -0.05) is 48.5 Å². The third-order valence-corrected chi connectivity index (χ3v) is 4.08. The number of nitrogens with zero attached hydrogens (tertiary/aromatic N) is 2. The summed E-state index contributed by atoms with van der Waals surface area (Å²) in [6.45, 7) is 0. The van der Waals surface area contributed by atoms with E-state index in [0.717, 1.165) is 5.56 Å². The monoisotopic (exact) mass is 338 g/mol. The van der Waals surface area contributed by atoms with E-state index in [1.54, 1.807) is 0 Å². The Labute approximate surface area is 145 Å². The van der Waals surface area contributed by atoms with Gasteiger partial charge in [0, 0.05) is 0 Å². The van der Waals surface area contributed by atoms with Gasteiger partial charge in [-0.25, -0.2) is 9.80 Å². The van der Waals surface area contributed by atoms with Gasteiger partial charge in [0.2, 0.25) is 0 Å². The minimum absolute atomic E-state index is 0.478. The van der Waals surface area contributed by atoms with Gasteiger partial charge in [0.1, 0.15) is 5.92 Å². The number of esters is 2. The van der Waals surface area contributed by atoms with Gasteiger partial charge >= 0.3 is 11.9 Å². The molecule has 128 valence electrons. The molecule has 0 spiro atoms. The molecule has 2 atom stereocenters. The number of carbonyl (C=O) groups excluding carboxylic acids is 2. The average Bonchev–Trinajstić information content (AvgIpc) is 3.08. The fourth-order valence-electron chi connectivity index (χ4n) is 2.90. The number of anilines is 1. The quantitative estimate of drug-likeness (QED) is 0.800. The van der Waals surface area contributed by atoms with Crippen molar-refractivity contribution in [3.05, 3.63) is 66.2 Å². The van der Waals surface area contributed by atoms with Gasteiger partial charge in [0.15, 0.2) is 6.04 Å². The molecule has 1 aliphatic rings. The maximum atomic E-state index is 12.5. The zero-order valence-electron chi connectivity index (χ0n) is 14.0. The van der Waals surface area contributed by atoms with Crippen molar-refractivity contribution in [1.29, 1.82) is 0 Å². The van der Waals surface area contributed by atoms with Crippen molar-refractivity contribution in [3.8, 4) is 0 Å². The molecule has 0 fully saturated rings. The lowest BCUT2D eigenvalue weighted by molar-refractivity contribution is -0.150. The molecule has 6 heteroatoms. The largest absolute Gasteiger partial charge is 0.468 e. The van der Waals surface area contributed by atoms with Crippen molar-refractivity contribution in [3.63, 3.8) is 0 Å². The first kappa shape index (κ1) is 16.7. The number of rotatable bonds is 4. The molecule has 3 rings (SSSR count). The lowest BCUT2D eigenvalue weighted by Gasteiger charge is -2.24. The molecule has 0 bridgehead atoms. The van der Waals surface area contributed by atoms with Crippen molar-refractivity contribution in [2.45, 2.75) is 6.04 Å². The van der Waals surface area contributed by atoms with E-state index in [0.29, 0.717) is 11.4 Å². The third-order valence-electron chi connectivity index (χ3n) is 4.08. The van der Waals surface area contributed by atoms with Gasteiger partial charge in [-0.15, -0.1) is 0 Å². The van der Waals surface area contributed by atoms with Gasteiger partial charge in [-0.05, 0) is 17.7 Å². The highest BCUT2D eigenvalue weighted by molar-refractivity contribution is 6.17. The first-order valence-electron chi connectivity index (χ1n) is 7.81. The molecular formula is C19H18N2O4. The fourth-order valence-corrected chi connectivity index (χ4v) is 2.90. The van der Waals surface area contributed by atoms with Crippen LogP contribution in [0.2, 0.25) is 0 Å². The summed E-state index contributed by atoms with van der Waals surface area (Å²) in [4.78, 5) is 24.9. The molecule has 2 aromatic carbocycles. The summed E-state index contributed by atoms with van der Waals surface area (Å²) in [5.41, 5.74) is 1.93. The van der Waals surface area contributed by atoms with Crippen LogP contribution in [0.3, 0.4) is 0 Å². The highest BCUT2D eigenvalue weighted by Gasteiger charge is 2.48. The fraction of sp³-hybridized carbons (Fsp3) is 0.211. The van der Waals surface area contributed by atoms with Crippen LogP contribution in [0, 0.1) is 5.92 Å². The summed E-state index contributed by atoms with van der Waals surface area (Å²) < 4.78 is 9.87. The molecule has 1 aliphatic heterocycles. The zero-order chi connectivity index (χ0) is 17.8. The van der Waals surface area contributed by atoms with E-state index in [1.807, 2.05) is 60.7 Å². The molecule has 0 saturated heterocycles. The van der Waals surface area contributed by atoms with E-state index in [9.17, 15) is 9.59 Å². The normalized spacial score (nSPS) is 19.3. The van der Waals surface area contributed by atoms with Crippen LogP contribution in [-0.4, -0.2) is 37.9 Å². The van der Waals surface area contributed by atoms with E-state index in [-0.39, 0.29) is 0 Å². The smallest absolute Gasteiger partial charge is 0.332 e. The highest BCUT2D eigenvalue weighted by Crippen LogP contribution is 2.32. The Morgan fingerprint density at radius 1 is 0.880 bits per heavy atom. The second-order valence-corrected chi connectivity index (χ2v) is 5.50. The van der Waals surface area contributed by atoms with Crippen LogP contribution in [-0.2, 0) is 19.1 Å². The summed E-state index contributed by atoms with van der Waals surface area (Å²) in [5, 5.41) is 6.10. The molecule has 0 aromatic heterocycles. The van der Waals surface area contributed by atoms with Crippen LogP contribution in [0.15, 0.2) is 65.8 Å². The first-order chi connectivity index (χ1) is 12.2. The van der Waals surface area contributed by atoms with Gasteiger partial charge in [-0.2, -0.15) is 5.10 Å². The Morgan fingerprint density at radius 2 is 1.44 bits per heavy atom. The van der Waals surface area contributed by atoms with Crippen molar-refractivity contribution in [1.82, 2.24) is 0 Å². The molecule has 25 heavy (non-hydrogen) atoms. The summed E-state index contributed by atoms with van der Waals surface area (Å²) in [7, 11) is 2.59. The summed E-state index contributed by atoms with van der Waals surface area (Å²) >= 11 is 0. The number of hydrogen-bond acceptors (Lipinski definition) is 6. The molecule has 0 aliphatic carbocycles. The molecule has 0 N–H and O–H groups in total. The Balaban J connectivity index is 2.14. The second-order valence-electron chi connectivity index (χ2n) is 5.50. The molecule has 6 nitrogen and oxygen atoms in total. The van der Waals surface area contributed by atoms with Crippen LogP contribution < -0.4 is 5.01 Å². The average molecular weight is 338 g/mol. The van der Waals surface area contributed by atoms with Crippen LogP contribution >= 0.6 is 0 Å². The van der Waals surface area contributed by atoms with Gasteiger partial charge < -0.3 is 9.47 Å². The van der Waals surface area contributed by atoms with Crippen LogP contribution in [0.1, 0.15) is 5.56 Å². The summed E-state index contributed by atoms with van der Waals surface area (Å²) in [6, 6.07) is 17.5. The third kappa shape index (κ3) is 3.10. The Hall–Kier alpha value is -3.15. The number of hydrogen-bond donors (Lipinski definition) is 0. The Morgan fingerprint density at radius 3 is 2.00 bits per heavy atom. The van der Waals surface area contributed by atoms with Gasteiger partial charge in [-0.3, -0.25) is 4.79 Å². The van der Waals surface area contributed by atoms with Gasteiger partial charge in [0.05, 0.1) is 25.6 Å². The standard InChI is InChI=1S/C19H18N2O4/c1-24-18(22)15-16(13-9-5-3-6-10-13)20-21(17(15)19(23)25-2)14-11-7-4-8-12-14/h3-12,15,17H,1-2H3/t15-,17+/m1/s1. The van der Waals surface area contributed by atoms with Crippen LogP contribution in [0.4, 0.5) is 5.69 Å². The van der Waals surface area contributed by atoms with Crippen LogP contribution in [0.5, 0.6) is 0 Å². The number of carbonyl (C=O) groups is 2. The van der Waals surface area contributed by atoms with E-state index in [1.165, 1.54) is 19.2 Å². The SMILES string of the molecule is COC(=O)[C@@H]1C(c2ccccc2)=NN(c2ccccc2)[C@@H]1C(=O)OC. The predicted molar refractivity (Wildman–Crippen MR) is 93.2 cm³/mol. The highest BCUT2D eigenvalue weighted by atomic mass is 16.5. The Kier molecular flexibility index (Phi) is 4.79. The number of benzene rings is 2. The minimum Gasteiger partial charge on any atom is -0.468 e. The molecule has 1 heterocycles. The summed E-state index contributed by atoms with van der Waals surface area (Å²) in [6.07, 6.45) is 0. The second kappa shape index (κ2) is 7.17. The molecule has 0 unspecified atom stereocenters. The van der Waals surface area contributed by atoms with Crippen molar-refractivity contribution in [2.24, 2.45) is 11.0 Å². The molecule has 0 saturated carbocycles. The van der Waals surface area contributed by atoms with E-state index in [4.69, 9.17) is 9.47 Å². The lowest BCUT2D eigenvalue weighted by atomic mass is 9.91. The minimum atomic E-state index is -0.921. The molecular weight excluding hydrogens is 320 g/mol. The number of methoxy groups -OCH3 is 2. The van der Waals surface area contributed by atoms with Crippen molar-refractivity contribution >= 4 is 23.3 Å². The summed E-state index contributed by atoms with van der Waals surface area (Å²) in [5.74, 6) is -1.95. The zero-order valence-corrected chi connectivity index (χ0v) is 14.0. The number of para-hydroxylation sites is 1. The van der Waals surface area contributed by atoms with Gasteiger partial charge in [0.25, 0.3) is 0 Å². The predicted octanol–water partition coefficient (Wildman–Crippen LogP) is 2.24. The maximum absolute atomic E-state index is 12.5. The van der Waals surface area contributed by atoms with Crippen molar-refractivity contribution in [2.75, 3.05) is 19.2 Å². The maximum Gasteiger partial charge on any atom is 0.332 e. The number of hydrazone groups is 1. The number of ether oxygens (including phenoxy) is 2. The Bertz CT molecular complexity index is 790. The first-order valence-corrected chi connectivity index (χ1v) is 7.81. The van der Waals surface area contributed by atoms with E-state index < -0.39 is 23.9 Å². The van der Waals surface area contributed by atoms with E-state index >= 15 is 0 Å².